The Morgan fingerprint density at radius 1 is 1.17 bits per heavy atom. The van der Waals surface area contributed by atoms with Crippen LogP contribution >= 0.6 is 11.8 Å². The fraction of sp³-hybridized carbons (Fsp3) is 0.933. The topological polar surface area (TPSA) is 24.4 Å². The minimum Gasteiger partial charge on any atom is -0.362 e. The average Bonchev–Trinajstić information content (AvgIpc) is 2.68. The van der Waals surface area contributed by atoms with Crippen molar-refractivity contribution < 1.29 is 0 Å². The lowest BCUT2D eigenvalue weighted by molar-refractivity contribution is 0.429. The first-order valence-electron chi connectivity index (χ1n) is 7.71. The normalized spacial score (nSPS) is 26.8. The van der Waals surface area contributed by atoms with E-state index in [-0.39, 0.29) is 0 Å². The van der Waals surface area contributed by atoms with Crippen LogP contribution in [-0.4, -0.2) is 23.0 Å². The fourth-order valence-electron chi connectivity index (χ4n) is 2.93. The highest BCUT2D eigenvalue weighted by molar-refractivity contribution is 8.14. The molecule has 1 saturated carbocycles. The van der Waals surface area contributed by atoms with Gasteiger partial charge in [0, 0.05) is 11.8 Å². The van der Waals surface area contributed by atoms with Gasteiger partial charge in [0.1, 0.15) is 0 Å². The number of nitrogens with zero attached hydrogens (tertiary/aromatic N) is 1. The highest BCUT2D eigenvalue weighted by Gasteiger charge is 2.21. The van der Waals surface area contributed by atoms with Crippen molar-refractivity contribution in [2.75, 3.05) is 5.75 Å². The van der Waals surface area contributed by atoms with Gasteiger partial charge in [-0.05, 0) is 25.2 Å². The molecule has 1 atom stereocenters. The molecule has 18 heavy (non-hydrogen) atoms. The van der Waals surface area contributed by atoms with E-state index in [4.69, 9.17) is 4.99 Å². The Morgan fingerprint density at radius 2 is 1.83 bits per heavy atom. The number of aliphatic imine (C=N–C) groups is 1. The number of nitrogens with one attached hydrogen (secondary N) is 1. The van der Waals surface area contributed by atoms with Crippen LogP contribution in [0, 0.1) is 5.92 Å². The molecule has 1 aliphatic heterocycles. The maximum absolute atomic E-state index is 4.84. The van der Waals surface area contributed by atoms with Gasteiger partial charge >= 0.3 is 0 Å². The predicted octanol–water partition coefficient (Wildman–Crippen LogP) is 4.21. The van der Waals surface area contributed by atoms with E-state index in [1.54, 1.807) is 0 Å². The van der Waals surface area contributed by atoms with Gasteiger partial charge in [0.25, 0.3) is 0 Å². The molecular formula is C15H28N2S. The number of amidine groups is 1. The molecule has 1 aliphatic carbocycles. The highest BCUT2D eigenvalue weighted by atomic mass is 32.2. The van der Waals surface area contributed by atoms with E-state index in [0.717, 1.165) is 5.92 Å². The Hall–Kier alpha value is -0.180. The van der Waals surface area contributed by atoms with Crippen LogP contribution in [0.1, 0.15) is 65.2 Å². The van der Waals surface area contributed by atoms with Crippen molar-refractivity contribution in [3.63, 3.8) is 0 Å². The van der Waals surface area contributed by atoms with E-state index < -0.39 is 0 Å². The Balaban J connectivity index is 1.77. The summed E-state index contributed by atoms with van der Waals surface area (Å²) in [6.45, 7) is 4.58. The molecule has 0 aromatic heterocycles. The Kier molecular flexibility index (Phi) is 5.87. The minimum atomic E-state index is 0.561. The Morgan fingerprint density at radius 3 is 2.50 bits per heavy atom. The molecule has 1 unspecified atom stereocenters. The van der Waals surface area contributed by atoms with E-state index in [1.165, 1.54) is 62.3 Å². The van der Waals surface area contributed by atoms with Gasteiger partial charge in [-0.15, -0.1) is 0 Å². The van der Waals surface area contributed by atoms with Gasteiger partial charge in [-0.1, -0.05) is 57.7 Å². The molecular weight excluding hydrogens is 240 g/mol. The largest absolute Gasteiger partial charge is 0.362 e. The molecule has 2 nitrogen and oxygen atoms in total. The van der Waals surface area contributed by atoms with Crippen LogP contribution in [0.5, 0.6) is 0 Å². The number of thioether (sulfide) groups is 1. The lowest BCUT2D eigenvalue weighted by Crippen LogP contribution is -2.33. The van der Waals surface area contributed by atoms with Crippen molar-refractivity contribution in [3.05, 3.63) is 0 Å². The molecule has 3 heteroatoms. The van der Waals surface area contributed by atoms with Crippen molar-refractivity contribution in [2.24, 2.45) is 10.9 Å². The van der Waals surface area contributed by atoms with Gasteiger partial charge in [0.15, 0.2) is 5.17 Å². The Bertz CT molecular complexity index is 268. The number of hydrogen-bond acceptors (Lipinski definition) is 3. The van der Waals surface area contributed by atoms with Gasteiger partial charge in [-0.3, -0.25) is 4.99 Å². The van der Waals surface area contributed by atoms with Gasteiger partial charge in [-0.25, -0.2) is 0 Å². The molecule has 0 saturated heterocycles. The first-order valence-corrected chi connectivity index (χ1v) is 8.69. The second-order valence-electron chi connectivity index (χ2n) is 6.22. The summed E-state index contributed by atoms with van der Waals surface area (Å²) in [6, 6.07) is 1.25. The van der Waals surface area contributed by atoms with Crippen molar-refractivity contribution in [3.8, 4) is 0 Å². The van der Waals surface area contributed by atoms with Crippen molar-refractivity contribution >= 4 is 16.9 Å². The molecule has 2 aliphatic rings. The van der Waals surface area contributed by atoms with E-state index in [9.17, 15) is 0 Å². The zero-order chi connectivity index (χ0) is 12.8. The summed E-state index contributed by atoms with van der Waals surface area (Å²) in [5.41, 5.74) is 0. The summed E-state index contributed by atoms with van der Waals surface area (Å²) < 4.78 is 0. The first-order chi connectivity index (χ1) is 8.74. The van der Waals surface area contributed by atoms with Crippen LogP contribution in [0.4, 0.5) is 0 Å². The van der Waals surface area contributed by atoms with E-state index >= 15 is 0 Å². The summed E-state index contributed by atoms with van der Waals surface area (Å²) >= 11 is 1.94. The van der Waals surface area contributed by atoms with Crippen LogP contribution in [0.3, 0.4) is 0 Å². The highest BCUT2D eigenvalue weighted by Crippen LogP contribution is 2.24. The van der Waals surface area contributed by atoms with Gasteiger partial charge in [0.2, 0.25) is 0 Å². The number of hydrogen-bond donors (Lipinski definition) is 1. The molecule has 104 valence electrons. The second-order valence-corrected chi connectivity index (χ2v) is 7.22. The summed E-state index contributed by atoms with van der Waals surface area (Å²) in [4.78, 5) is 4.84. The monoisotopic (exact) mass is 268 g/mol. The van der Waals surface area contributed by atoms with Crippen molar-refractivity contribution in [1.82, 2.24) is 5.32 Å². The molecule has 0 bridgehead atoms. The van der Waals surface area contributed by atoms with Crippen LogP contribution in [0.2, 0.25) is 0 Å². The van der Waals surface area contributed by atoms with Gasteiger partial charge < -0.3 is 5.32 Å². The zero-order valence-electron chi connectivity index (χ0n) is 12.0. The molecule has 1 N–H and O–H groups in total. The Labute approximate surface area is 116 Å². The molecule has 0 spiro atoms. The second kappa shape index (κ2) is 7.42. The molecule has 0 radical (unpaired) electrons. The van der Waals surface area contributed by atoms with Gasteiger partial charge in [0.05, 0.1) is 6.04 Å². The third kappa shape index (κ3) is 4.83. The SMILES string of the molecule is CC(C)CC1CSC(NC2CCCCCCC2)=N1. The maximum atomic E-state index is 4.84. The van der Waals surface area contributed by atoms with E-state index in [1.807, 2.05) is 11.8 Å². The van der Waals surface area contributed by atoms with Gasteiger partial charge in [-0.2, -0.15) is 0 Å². The fourth-order valence-corrected chi connectivity index (χ4v) is 3.97. The van der Waals surface area contributed by atoms with Crippen LogP contribution in [-0.2, 0) is 0 Å². The number of rotatable bonds is 3. The first kappa shape index (κ1) is 14.2. The summed E-state index contributed by atoms with van der Waals surface area (Å²) in [7, 11) is 0. The molecule has 1 heterocycles. The van der Waals surface area contributed by atoms with Crippen LogP contribution in [0.25, 0.3) is 0 Å². The zero-order valence-corrected chi connectivity index (χ0v) is 12.8. The van der Waals surface area contributed by atoms with Crippen molar-refractivity contribution in [1.29, 1.82) is 0 Å². The molecule has 0 aromatic rings. The van der Waals surface area contributed by atoms with E-state index in [2.05, 4.69) is 19.2 Å². The quantitative estimate of drug-likeness (QED) is 0.829. The average molecular weight is 268 g/mol. The van der Waals surface area contributed by atoms with Crippen molar-refractivity contribution in [2.45, 2.75) is 77.3 Å². The van der Waals surface area contributed by atoms with Crippen LogP contribution in [0.15, 0.2) is 4.99 Å². The maximum Gasteiger partial charge on any atom is 0.157 e. The summed E-state index contributed by atoms with van der Waals surface area (Å²) in [6.07, 6.45) is 11.0. The third-order valence-corrected chi connectivity index (χ3v) is 4.94. The molecule has 1 fully saturated rings. The summed E-state index contributed by atoms with van der Waals surface area (Å²) in [5.74, 6) is 1.95. The third-order valence-electron chi connectivity index (χ3n) is 3.89. The molecule has 2 rings (SSSR count). The van der Waals surface area contributed by atoms with Crippen LogP contribution < -0.4 is 5.32 Å². The lowest BCUT2D eigenvalue weighted by Gasteiger charge is -2.21. The lowest BCUT2D eigenvalue weighted by atomic mass is 9.97. The van der Waals surface area contributed by atoms with E-state index in [0.29, 0.717) is 12.1 Å². The molecule has 0 amide bonds. The smallest absolute Gasteiger partial charge is 0.157 e. The minimum absolute atomic E-state index is 0.561. The standard InChI is InChI=1S/C15H28N2S/c1-12(2)10-14-11-18-15(17-14)16-13-8-6-4-3-5-7-9-13/h12-14H,3-11H2,1-2H3,(H,16,17). The molecule has 0 aromatic carbocycles. The summed E-state index contributed by atoms with van der Waals surface area (Å²) in [5, 5.41) is 4.93. The predicted molar refractivity (Wildman–Crippen MR) is 82.4 cm³/mol.